The molecule has 0 aliphatic rings. The molecule has 0 aliphatic heterocycles. The van der Waals surface area contributed by atoms with E-state index in [4.69, 9.17) is 4.74 Å². The van der Waals surface area contributed by atoms with Gasteiger partial charge in [-0.15, -0.1) is 0 Å². The van der Waals surface area contributed by atoms with Crippen LogP contribution in [0.1, 0.15) is 18.5 Å². The summed E-state index contributed by atoms with van der Waals surface area (Å²) in [6, 6.07) is 6.15. The molecule has 1 aromatic rings. The summed E-state index contributed by atoms with van der Waals surface area (Å²) in [5.41, 5.74) is 0.784. The molecule has 0 aliphatic carbocycles. The van der Waals surface area contributed by atoms with E-state index in [1.807, 2.05) is 24.9 Å². The van der Waals surface area contributed by atoms with Gasteiger partial charge in [-0.1, -0.05) is 12.1 Å². The molecule has 0 saturated carbocycles. The average Bonchev–Trinajstić information content (AvgIpc) is 2.30. The van der Waals surface area contributed by atoms with Gasteiger partial charge < -0.3 is 9.84 Å². The number of nitrogens with zero attached hydrogens (tertiary/aromatic N) is 1. The van der Waals surface area contributed by atoms with Crippen LogP contribution in [0.25, 0.3) is 0 Å². The maximum absolute atomic E-state index is 13.1. The van der Waals surface area contributed by atoms with Crippen LogP contribution in [-0.2, 0) is 4.74 Å². The predicted octanol–water partition coefficient (Wildman–Crippen LogP) is 1.83. The summed E-state index contributed by atoms with van der Waals surface area (Å²) in [5, 5.41) is 9.39. The largest absolute Gasteiger partial charge is 0.394 e. The van der Waals surface area contributed by atoms with E-state index in [1.54, 1.807) is 6.07 Å². The molecule has 96 valence electrons. The Labute approximate surface area is 102 Å². The van der Waals surface area contributed by atoms with Crippen molar-refractivity contribution in [2.45, 2.75) is 13.0 Å². The first-order chi connectivity index (χ1) is 8.19. The lowest BCUT2D eigenvalue weighted by molar-refractivity contribution is 0.0872. The molecule has 1 unspecified atom stereocenters. The van der Waals surface area contributed by atoms with Crippen molar-refractivity contribution in [1.82, 2.24) is 4.90 Å². The normalized spacial score (nSPS) is 13.0. The summed E-state index contributed by atoms with van der Waals surface area (Å²) in [6.07, 6.45) is 0. The molecule has 1 aromatic carbocycles. The van der Waals surface area contributed by atoms with Crippen LogP contribution in [0.4, 0.5) is 4.39 Å². The fraction of sp³-hybridized carbons (Fsp3) is 0.538. The Bertz CT molecular complexity index is 333. The van der Waals surface area contributed by atoms with E-state index in [0.717, 1.165) is 5.56 Å². The van der Waals surface area contributed by atoms with Crippen molar-refractivity contribution in [2.24, 2.45) is 0 Å². The monoisotopic (exact) mass is 241 g/mol. The van der Waals surface area contributed by atoms with Crippen LogP contribution in [0.15, 0.2) is 24.3 Å². The van der Waals surface area contributed by atoms with Crippen LogP contribution in [0.5, 0.6) is 0 Å². The number of rotatable bonds is 7. The van der Waals surface area contributed by atoms with Crippen LogP contribution >= 0.6 is 0 Å². The standard InChI is InChI=1S/C13H20FNO2/c1-3-17-8-7-15(2)13(10-16)11-5-4-6-12(14)9-11/h4-6,9,13,16H,3,7-8,10H2,1-2H3. The van der Waals surface area contributed by atoms with Gasteiger partial charge in [0.15, 0.2) is 0 Å². The second-order valence-electron chi connectivity index (χ2n) is 3.93. The number of likely N-dealkylation sites (N-methyl/N-ethyl adjacent to an activating group) is 1. The first-order valence-electron chi connectivity index (χ1n) is 5.83. The minimum absolute atomic E-state index is 0.0356. The summed E-state index contributed by atoms with van der Waals surface area (Å²) >= 11 is 0. The molecule has 0 amide bonds. The highest BCUT2D eigenvalue weighted by atomic mass is 19.1. The van der Waals surface area contributed by atoms with Crippen molar-refractivity contribution in [3.8, 4) is 0 Å². The quantitative estimate of drug-likeness (QED) is 0.739. The van der Waals surface area contributed by atoms with E-state index in [-0.39, 0.29) is 18.5 Å². The summed E-state index contributed by atoms with van der Waals surface area (Å²) in [5.74, 6) is -0.279. The second-order valence-corrected chi connectivity index (χ2v) is 3.93. The third kappa shape index (κ3) is 4.42. The Kier molecular flexibility index (Phi) is 6.11. The minimum atomic E-state index is -0.279. The molecular weight excluding hydrogens is 221 g/mol. The highest BCUT2D eigenvalue weighted by Crippen LogP contribution is 2.19. The van der Waals surface area contributed by atoms with Crippen LogP contribution in [0, 0.1) is 5.82 Å². The van der Waals surface area contributed by atoms with E-state index in [2.05, 4.69) is 0 Å². The van der Waals surface area contributed by atoms with Gasteiger partial charge in [0.25, 0.3) is 0 Å². The van der Waals surface area contributed by atoms with E-state index < -0.39 is 0 Å². The van der Waals surface area contributed by atoms with Crippen LogP contribution in [-0.4, -0.2) is 43.4 Å². The van der Waals surface area contributed by atoms with Crippen molar-refractivity contribution < 1.29 is 14.2 Å². The van der Waals surface area contributed by atoms with Gasteiger partial charge in [0, 0.05) is 13.2 Å². The Hall–Kier alpha value is -0.970. The fourth-order valence-electron chi connectivity index (χ4n) is 1.72. The maximum Gasteiger partial charge on any atom is 0.123 e. The average molecular weight is 241 g/mol. The van der Waals surface area contributed by atoms with Gasteiger partial charge in [0.1, 0.15) is 5.82 Å². The van der Waals surface area contributed by atoms with Gasteiger partial charge in [-0.3, -0.25) is 4.90 Å². The lowest BCUT2D eigenvalue weighted by Gasteiger charge is -2.26. The van der Waals surface area contributed by atoms with E-state index in [0.29, 0.717) is 19.8 Å². The zero-order valence-corrected chi connectivity index (χ0v) is 10.4. The smallest absolute Gasteiger partial charge is 0.123 e. The van der Waals surface area contributed by atoms with Crippen LogP contribution in [0.2, 0.25) is 0 Å². The molecule has 4 heteroatoms. The Balaban J connectivity index is 2.63. The highest BCUT2D eigenvalue weighted by molar-refractivity contribution is 5.20. The minimum Gasteiger partial charge on any atom is -0.394 e. The molecule has 0 aromatic heterocycles. The van der Waals surface area contributed by atoms with E-state index >= 15 is 0 Å². The molecule has 3 nitrogen and oxygen atoms in total. The van der Waals surface area contributed by atoms with Gasteiger partial charge in [0.05, 0.1) is 19.3 Å². The lowest BCUT2D eigenvalue weighted by Crippen LogP contribution is -2.30. The molecule has 0 bridgehead atoms. The van der Waals surface area contributed by atoms with Crippen molar-refractivity contribution in [2.75, 3.05) is 33.4 Å². The molecule has 0 saturated heterocycles. The highest BCUT2D eigenvalue weighted by Gasteiger charge is 2.16. The molecule has 0 radical (unpaired) electrons. The molecule has 1 rings (SSSR count). The van der Waals surface area contributed by atoms with Crippen molar-refractivity contribution >= 4 is 0 Å². The number of halogens is 1. The molecule has 1 N–H and O–H groups in total. The van der Waals surface area contributed by atoms with Crippen molar-refractivity contribution in [3.05, 3.63) is 35.6 Å². The number of benzene rings is 1. The van der Waals surface area contributed by atoms with Gasteiger partial charge in [0.2, 0.25) is 0 Å². The molecule has 1 atom stereocenters. The summed E-state index contributed by atoms with van der Waals surface area (Å²) in [7, 11) is 1.89. The SMILES string of the molecule is CCOCCN(C)C(CO)c1cccc(F)c1. The lowest BCUT2D eigenvalue weighted by atomic mass is 10.1. The molecule has 0 fully saturated rings. The third-order valence-corrected chi connectivity index (χ3v) is 2.73. The molecule has 17 heavy (non-hydrogen) atoms. The number of hydrogen-bond donors (Lipinski definition) is 1. The number of aliphatic hydroxyl groups is 1. The molecular formula is C13H20FNO2. The topological polar surface area (TPSA) is 32.7 Å². The van der Waals surface area contributed by atoms with E-state index in [1.165, 1.54) is 12.1 Å². The summed E-state index contributed by atoms with van der Waals surface area (Å²) in [4.78, 5) is 1.96. The molecule has 0 spiro atoms. The maximum atomic E-state index is 13.1. The van der Waals surface area contributed by atoms with Crippen LogP contribution < -0.4 is 0 Å². The Morgan fingerprint density at radius 3 is 2.82 bits per heavy atom. The van der Waals surface area contributed by atoms with Gasteiger partial charge >= 0.3 is 0 Å². The Morgan fingerprint density at radius 2 is 2.24 bits per heavy atom. The fourth-order valence-corrected chi connectivity index (χ4v) is 1.72. The number of aliphatic hydroxyl groups excluding tert-OH is 1. The second kappa shape index (κ2) is 7.37. The van der Waals surface area contributed by atoms with Crippen molar-refractivity contribution in [3.63, 3.8) is 0 Å². The first-order valence-corrected chi connectivity index (χ1v) is 5.83. The summed E-state index contributed by atoms with van der Waals surface area (Å²) in [6.45, 7) is 3.90. The Morgan fingerprint density at radius 1 is 1.47 bits per heavy atom. The first kappa shape index (κ1) is 14.1. The summed E-state index contributed by atoms with van der Waals surface area (Å²) < 4.78 is 18.4. The zero-order valence-electron chi connectivity index (χ0n) is 10.4. The third-order valence-electron chi connectivity index (χ3n) is 2.73. The van der Waals surface area contributed by atoms with Gasteiger partial charge in [-0.2, -0.15) is 0 Å². The predicted molar refractivity (Wildman–Crippen MR) is 65.3 cm³/mol. The van der Waals surface area contributed by atoms with Gasteiger partial charge in [-0.25, -0.2) is 4.39 Å². The number of hydrogen-bond acceptors (Lipinski definition) is 3. The van der Waals surface area contributed by atoms with Crippen LogP contribution in [0.3, 0.4) is 0 Å². The van der Waals surface area contributed by atoms with Crippen molar-refractivity contribution in [1.29, 1.82) is 0 Å². The molecule has 0 heterocycles. The number of ether oxygens (including phenoxy) is 1. The van der Waals surface area contributed by atoms with E-state index in [9.17, 15) is 9.50 Å². The zero-order chi connectivity index (χ0) is 12.7. The van der Waals surface area contributed by atoms with Gasteiger partial charge in [-0.05, 0) is 31.7 Å².